The molecule has 1 aromatic rings. The third kappa shape index (κ3) is 4.99. The lowest BCUT2D eigenvalue weighted by Gasteiger charge is -2.20. The first-order valence-corrected chi connectivity index (χ1v) is 8.03. The second-order valence-electron chi connectivity index (χ2n) is 6.30. The summed E-state index contributed by atoms with van der Waals surface area (Å²) < 4.78 is 0. The molecule has 0 aromatic heterocycles. The lowest BCUT2D eigenvalue weighted by molar-refractivity contribution is 0.398. The van der Waals surface area contributed by atoms with Crippen LogP contribution in [0.3, 0.4) is 0 Å². The molecule has 1 N–H and O–H groups in total. The number of benzene rings is 1. The second kappa shape index (κ2) is 7.69. The Labute approximate surface area is 118 Å². The molecule has 0 heterocycles. The Hall–Kier alpha value is -0.820. The van der Waals surface area contributed by atoms with Crippen LogP contribution in [-0.2, 0) is 6.42 Å². The van der Waals surface area contributed by atoms with Crippen molar-refractivity contribution < 1.29 is 0 Å². The minimum Gasteiger partial charge on any atom is -0.314 e. The Morgan fingerprint density at radius 2 is 1.79 bits per heavy atom. The fraction of sp³-hybridized carbons (Fsp3) is 0.667. The first-order valence-electron chi connectivity index (χ1n) is 8.03. The zero-order valence-electron chi connectivity index (χ0n) is 12.6. The predicted octanol–water partition coefficient (Wildman–Crippen LogP) is 4.49. The van der Waals surface area contributed by atoms with E-state index in [9.17, 15) is 0 Å². The Morgan fingerprint density at radius 3 is 2.47 bits per heavy atom. The molecule has 2 rings (SSSR count). The van der Waals surface area contributed by atoms with Gasteiger partial charge in [-0.15, -0.1) is 0 Å². The van der Waals surface area contributed by atoms with Crippen LogP contribution in [-0.4, -0.2) is 12.6 Å². The van der Waals surface area contributed by atoms with E-state index in [1.165, 1.54) is 56.2 Å². The van der Waals surface area contributed by atoms with E-state index in [-0.39, 0.29) is 0 Å². The molecule has 1 aliphatic carbocycles. The summed E-state index contributed by atoms with van der Waals surface area (Å²) in [5.41, 5.74) is 2.91. The number of nitrogens with one attached hydrogen (secondary N) is 1. The summed E-state index contributed by atoms with van der Waals surface area (Å²) in [6.45, 7) is 5.75. The van der Waals surface area contributed by atoms with Gasteiger partial charge in [0.25, 0.3) is 0 Å². The molecule has 0 bridgehead atoms. The minimum absolute atomic E-state index is 0.587. The Balaban J connectivity index is 1.75. The van der Waals surface area contributed by atoms with Gasteiger partial charge in [0.05, 0.1) is 0 Å². The zero-order valence-corrected chi connectivity index (χ0v) is 12.6. The zero-order chi connectivity index (χ0) is 13.5. The van der Waals surface area contributed by atoms with E-state index in [4.69, 9.17) is 0 Å². The molecule has 106 valence electrons. The van der Waals surface area contributed by atoms with Gasteiger partial charge >= 0.3 is 0 Å². The molecule has 0 radical (unpaired) electrons. The fourth-order valence-corrected chi connectivity index (χ4v) is 3.18. The van der Waals surface area contributed by atoms with Crippen molar-refractivity contribution in [1.82, 2.24) is 5.32 Å². The van der Waals surface area contributed by atoms with E-state index in [0.29, 0.717) is 6.04 Å². The largest absolute Gasteiger partial charge is 0.314 e. The summed E-state index contributed by atoms with van der Waals surface area (Å²) in [6.07, 6.45) is 9.81. The van der Waals surface area contributed by atoms with E-state index in [1.54, 1.807) is 0 Å². The van der Waals surface area contributed by atoms with Gasteiger partial charge in [0.15, 0.2) is 0 Å². The molecule has 1 saturated carbocycles. The minimum atomic E-state index is 0.587. The maximum Gasteiger partial charge on any atom is 0.00793 e. The van der Waals surface area contributed by atoms with Gasteiger partial charge in [0.1, 0.15) is 0 Å². The number of hydrogen-bond donors (Lipinski definition) is 1. The summed E-state index contributed by atoms with van der Waals surface area (Å²) >= 11 is 0. The highest BCUT2D eigenvalue weighted by Gasteiger charge is 2.13. The van der Waals surface area contributed by atoms with E-state index >= 15 is 0 Å². The summed E-state index contributed by atoms with van der Waals surface area (Å²) in [6, 6.07) is 9.35. The van der Waals surface area contributed by atoms with Crippen molar-refractivity contribution in [1.29, 1.82) is 0 Å². The average molecular weight is 259 g/mol. The fourth-order valence-electron chi connectivity index (χ4n) is 3.18. The van der Waals surface area contributed by atoms with Gasteiger partial charge < -0.3 is 5.32 Å². The first kappa shape index (κ1) is 14.6. The van der Waals surface area contributed by atoms with Crippen molar-refractivity contribution in [3.63, 3.8) is 0 Å². The van der Waals surface area contributed by atoms with Crippen molar-refractivity contribution in [2.75, 3.05) is 6.54 Å². The van der Waals surface area contributed by atoms with Gasteiger partial charge in [-0.2, -0.15) is 0 Å². The standard InChI is InChI=1S/C18H29N/c1-15-9-7-8-12-18(15)13-16(2)19-14-17-10-5-3-4-6-11-17/h7-9,12,16-17,19H,3-6,10-11,13-14H2,1-2H3. The van der Waals surface area contributed by atoms with Gasteiger partial charge in [-0.3, -0.25) is 0 Å². The van der Waals surface area contributed by atoms with Crippen LogP contribution in [0.25, 0.3) is 0 Å². The van der Waals surface area contributed by atoms with Crippen LogP contribution in [0.4, 0.5) is 0 Å². The molecule has 1 atom stereocenters. The van der Waals surface area contributed by atoms with Crippen LogP contribution in [0.1, 0.15) is 56.6 Å². The van der Waals surface area contributed by atoms with Crippen LogP contribution in [0.5, 0.6) is 0 Å². The number of hydrogen-bond acceptors (Lipinski definition) is 1. The van der Waals surface area contributed by atoms with Crippen LogP contribution in [0.15, 0.2) is 24.3 Å². The lowest BCUT2D eigenvalue weighted by Crippen LogP contribution is -2.32. The molecule has 1 fully saturated rings. The van der Waals surface area contributed by atoms with Crippen molar-refractivity contribution in [3.05, 3.63) is 35.4 Å². The van der Waals surface area contributed by atoms with Crippen molar-refractivity contribution in [2.24, 2.45) is 5.92 Å². The first-order chi connectivity index (χ1) is 9.25. The lowest BCUT2D eigenvalue weighted by atomic mass is 9.98. The van der Waals surface area contributed by atoms with Gasteiger partial charge in [-0.25, -0.2) is 0 Å². The molecular formula is C18H29N. The summed E-state index contributed by atoms with van der Waals surface area (Å²) in [7, 11) is 0. The highest BCUT2D eigenvalue weighted by Crippen LogP contribution is 2.22. The highest BCUT2D eigenvalue weighted by molar-refractivity contribution is 5.26. The SMILES string of the molecule is Cc1ccccc1CC(C)NCC1CCCCCC1. The molecule has 1 heteroatoms. The van der Waals surface area contributed by atoms with Gasteiger partial charge in [-0.05, 0) is 56.7 Å². The quantitative estimate of drug-likeness (QED) is 0.768. The normalized spacial score (nSPS) is 19.1. The molecule has 19 heavy (non-hydrogen) atoms. The molecule has 0 spiro atoms. The summed E-state index contributed by atoms with van der Waals surface area (Å²) in [4.78, 5) is 0. The third-order valence-corrected chi connectivity index (χ3v) is 4.52. The molecule has 1 aliphatic rings. The van der Waals surface area contributed by atoms with Gasteiger partial charge in [-0.1, -0.05) is 49.9 Å². The van der Waals surface area contributed by atoms with Crippen molar-refractivity contribution in [3.8, 4) is 0 Å². The predicted molar refractivity (Wildman–Crippen MR) is 83.5 cm³/mol. The van der Waals surface area contributed by atoms with E-state index < -0.39 is 0 Å². The summed E-state index contributed by atoms with van der Waals surface area (Å²) in [5, 5.41) is 3.76. The van der Waals surface area contributed by atoms with Crippen LogP contribution in [0.2, 0.25) is 0 Å². The molecule has 1 nitrogen and oxygen atoms in total. The maximum absolute atomic E-state index is 3.76. The van der Waals surface area contributed by atoms with E-state index in [1.807, 2.05) is 0 Å². The highest BCUT2D eigenvalue weighted by atomic mass is 14.9. The van der Waals surface area contributed by atoms with Crippen molar-refractivity contribution >= 4 is 0 Å². The second-order valence-corrected chi connectivity index (χ2v) is 6.30. The van der Waals surface area contributed by atoms with Gasteiger partial charge in [0, 0.05) is 6.04 Å². The van der Waals surface area contributed by atoms with Gasteiger partial charge in [0.2, 0.25) is 0 Å². The van der Waals surface area contributed by atoms with E-state index in [2.05, 4.69) is 43.4 Å². The Bertz CT molecular complexity index is 364. The van der Waals surface area contributed by atoms with Crippen LogP contribution < -0.4 is 5.32 Å². The molecule has 0 saturated heterocycles. The third-order valence-electron chi connectivity index (χ3n) is 4.52. The van der Waals surface area contributed by atoms with Crippen LogP contribution in [0, 0.1) is 12.8 Å². The Morgan fingerprint density at radius 1 is 1.11 bits per heavy atom. The maximum atomic E-state index is 3.76. The molecule has 1 aromatic carbocycles. The number of aryl methyl sites for hydroxylation is 1. The van der Waals surface area contributed by atoms with E-state index in [0.717, 1.165) is 12.3 Å². The summed E-state index contributed by atoms with van der Waals surface area (Å²) in [5.74, 6) is 0.918. The monoisotopic (exact) mass is 259 g/mol. The molecule has 0 aliphatic heterocycles. The topological polar surface area (TPSA) is 12.0 Å². The molecule has 0 amide bonds. The van der Waals surface area contributed by atoms with Crippen LogP contribution >= 0.6 is 0 Å². The van der Waals surface area contributed by atoms with Crippen molar-refractivity contribution in [2.45, 2.75) is 64.8 Å². The smallest absolute Gasteiger partial charge is 0.00793 e. The average Bonchev–Trinajstić information content (AvgIpc) is 2.68. The Kier molecular flexibility index (Phi) is 5.91. The molecular weight excluding hydrogens is 230 g/mol. The molecule has 1 unspecified atom stereocenters. The number of rotatable bonds is 5.